The zero-order valence-electron chi connectivity index (χ0n) is 11.0. The van der Waals surface area contributed by atoms with E-state index in [2.05, 4.69) is 34.7 Å². The van der Waals surface area contributed by atoms with E-state index in [1.54, 1.807) is 6.20 Å². The van der Waals surface area contributed by atoms with Crippen molar-refractivity contribution in [1.29, 1.82) is 0 Å². The summed E-state index contributed by atoms with van der Waals surface area (Å²) in [6.45, 7) is 2.80. The number of hydrogen-bond acceptors (Lipinski definition) is 3. The monoisotopic (exact) mass is 257 g/mol. The molecule has 0 amide bonds. The standard InChI is InChI=1S/C15H19N3O/c1-3-13(12-19-10-1)11-16-14-4-6-15(7-5-14)18-9-2-8-17-18/h2,4-9,13,16H,1,3,10-12H2. The van der Waals surface area contributed by atoms with Crippen LogP contribution in [0.2, 0.25) is 0 Å². The summed E-state index contributed by atoms with van der Waals surface area (Å²) in [6, 6.07) is 10.3. The summed E-state index contributed by atoms with van der Waals surface area (Å²) in [7, 11) is 0. The predicted octanol–water partition coefficient (Wildman–Crippen LogP) is 2.71. The SMILES string of the molecule is c1cnn(-c2ccc(NCC3CCCOC3)cc2)c1. The molecule has 19 heavy (non-hydrogen) atoms. The predicted molar refractivity (Wildman–Crippen MR) is 75.6 cm³/mol. The minimum absolute atomic E-state index is 0.638. The van der Waals surface area contributed by atoms with Crippen molar-refractivity contribution < 1.29 is 4.74 Å². The minimum atomic E-state index is 0.638. The molecular formula is C15H19N3O. The normalized spacial score (nSPS) is 19.3. The van der Waals surface area contributed by atoms with Crippen molar-refractivity contribution in [1.82, 2.24) is 9.78 Å². The molecule has 1 aliphatic rings. The van der Waals surface area contributed by atoms with Crippen LogP contribution in [0.5, 0.6) is 0 Å². The summed E-state index contributed by atoms with van der Waals surface area (Å²) >= 11 is 0. The Balaban J connectivity index is 1.57. The van der Waals surface area contributed by atoms with Crippen LogP contribution in [0.25, 0.3) is 5.69 Å². The minimum Gasteiger partial charge on any atom is -0.385 e. The van der Waals surface area contributed by atoms with Gasteiger partial charge in [-0.05, 0) is 49.1 Å². The van der Waals surface area contributed by atoms with Crippen molar-refractivity contribution in [2.75, 3.05) is 25.1 Å². The summed E-state index contributed by atoms with van der Waals surface area (Å²) in [5.74, 6) is 0.638. The first kappa shape index (κ1) is 12.2. The number of benzene rings is 1. The van der Waals surface area contributed by atoms with Crippen LogP contribution in [0.3, 0.4) is 0 Å². The van der Waals surface area contributed by atoms with Gasteiger partial charge in [-0.3, -0.25) is 0 Å². The highest BCUT2D eigenvalue weighted by molar-refractivity contribution is 5.48. The van der Waals surface area contributed by atoms with Crippen LogP contribution in [-0.4, -0.2) is 29.5 Å². The fourth-order valence-corrected chi connectivity index (χ4v) is 2.38. The lowest BCUT2D eigenvalue weighted by atomic mass is 10.0. The van der Waals surface area contributed by atoms with E-state index in [4.69, 9.17) is 4.74 Å². The molecule has 1 fully saturated rings. The van der Waals surface area contributed by atoms with Gasteiger partial charge in [0, 0.05) is 31.2 Å². The highest BCUT2D eigenvalue weighted by atomic mass is 16.5. The topological polar surface area (TPSA) is 39.1 Å². The quantitative estimate of drug-likeness (QED) is 0.915. The number of rotatable bonds is 4. The molecular weight excluding hydrogens is 238 g/mol. The van der Waals surface area contributed by atoms with E-state index in [0.717, 1.165) is 31.1 Å². The van der Waals surface area contributed by atoms with Crippen molar-refractivity contribution in [3.63, 3.8) is 0 Å². The van der Waals surface area contributed by atoms with Crippen molar-refractivity contribution in [3.8, 4) is 5.69 Å². The second kappa shape index (κ2) is 5.89. The van der Waals surface area contributed by atoms with Crippen LogP contribution < -0.4 is 5.32 Å². The number of hydrogen-bond donors (Lipinski definition) is 1. The molecule has 4 heteroatoms. The maximum atomic E-state index is 5.49. The molecule has 1 unspecified atom stereocenters. The van der Waals surface area contributed by atoms with Gasteiger partial charge in [-0.15, -0.1) is 0 Å². The van der Waals surface area contributed by atoms with Crippen LogP contribution in [0.15, 0.2) is 42.7 Å². The molecule has 0 spiro atoms. The van der Waals surface area contributed by atoms with Gasteiger partial charge >= 0.3 is 0 Å². The van der Waals surface area contributed by atoms with E-state index in [9.17, 15) is 0 Å². The average Bonchev–Trinajstić information content (AvgIpc) is 3.01. The Morgan fingerprint density at radius 2 is 2.21 bits per heavy atom. The van der Waals surface area contributed by atoms with Gasteiger partial charge in [0.2, 0.25) is 0 Å². The lowest BCUT2D eigenvalue weighted by Crippen LogP contribution is -2.24. The maximum Gasteiger partial charge on any atom is 0.0647 e. The van der Waals surface area contributed by atoms with E-state index >= 15 is 0 Å². The summed E-state index contributed by atoms with van der Waals surface area (Å²) in [4.78, 5) is 0. The molecule has 0 aliphatic carbocycles. The number of aromatic nitrogens is 2. The first-order valence-corrected chi connectivity index (χ1v) is 6.83. The van der Waals surface area contributed by atoms with Crippen LogP contribution in [0.1, 0.15) is 12.8 Å². The number of anilines is 1. The third kappa shape index (κ3) is 3.15. The second-order valence-electron chi connectivity index (χ2n) is 4.96. The Bertz CT molecular complexity index is 487. The van der Waals surface area contributed by atoms with Crippen LogP contribution >= 0.6 is 0 Å². The van der Waals surface area contributed by atoms with Crippen molar-refractivity contribution in [2.24, 2.45) is 5.92 Å². The third-order valence-electron chi connectivity index (χ3n) is 3.49. The van der Waals surface area contributed by atoms with E-state index in [1.807, 2.05) is 16.9 Å². The molecule has 100 valence electrons. The van der Waals surface area contributed by atoms with Crippen LogP contribution in [0, 0.1) is 5.92 Å². The molecule has 0 saturated carbocycles. The molecule has 2 aromatic rings. The molecule has 0 radical (unpaired) electrons. The van der Waals surface area contributed by atoms with Crippen molar-refractivity contribution >= 4 is 5.69 Å². The van der Waals surface area contributed by atoms with Gasteiger partial charge in [-0.2, -0.15) is 5.10 Å². The van der Waals surface area contributed by atoms with Gasteiger partial charge < -0.3 is 10.1 Å². The van der Waals surface area contributed by atoms with E-state index in [1.165, 1.54) is 12.8 Å². The smallest absolute Gasteiger partial charge is 0.0647 e. The van der Waals surface area contributed by atoms with Crippen molar-refractivity contribution in [3.05, 3.63) is 42.7 Å². The highest BCUT2D eigenvalue weighted by Crippen LogP contribution is 2.16. The fourth-order valence-electron chi connectivity index (χ4n) is 2.38. The van der Waals surface area contributed by atoms with Crippen LogP contribution in [0.4, 0.5) is 5.69 Å². The molecule has 1 aromatic heterocycles. The Morgan fingerprint density at radius 3 is 2.89 bits per heavy atom. The van der Waals surface area contributed by atoms with E-state index in [-0.39, 0.29) is 0 Å². The first-order chi connectivity index (χ1) is 9.42. The Morgan fingerprint density at radius 1 is 1.32 bits per heavy atom. The molecule has 1 saturated heterocycles. The molecule has 1 aromatic carbocycles. The van der Waals surface area contributed by atoms with Gasteiger partial charge in [-0.1, -0.05) is 0 Å². The fraction of sp³-hybridized carbons (Fsp3) is 0.400. The summed E-state index contributed by atoms with van der Waals surface area (Å²) in [6.07, 6.45) is 6.18. The Hall–Kier alpha value is -1.81. The molecule has 1 N–H and O–H groups in total. The highest BCUT2D eigenvalue weighted by Gasteiger charge is 2.13. The summed E-state index contributed by atoms with van der Waals surface area (Å²) in [5.41, 5.74) is 2.23. The van der Waals surface area contributed by atoms with Crippen LogP contribution in [-0.2, 0) is 4.74 Å². The summed E-state index contributed by atoms with van der Waals surface area (Å²) < 4.78 is 7.35. The lowest BCUT2D eigenvalue weighted by molar-refractivity contribution is 0.0595. The zero-order valence-corrected chi connectivity index (χ0v) is 11.0. The zero-order chi connectivity index (χ0) is 12.9. The first-order valence-electron chi connectivity index (χ1n) is 6.83. The summed E-state index contributed by atoms with van der Waals surface area (Å²) in [5, 5.41) is 7.69. The largest absolute Gasteiger partial charge is 0.385 e. The number of nitrogens with zero attached hydrogens (tertiary/aromatic N) is 2. The van der Waals surface area contributed by atoms with Gasteiger partial charge in [-0.25, -0.2) is 4.68 Å². The Labute approximate surface area is 113 Å². The number of ether oxygens (including phenoxy) is 1. The van der Waals surface area contributed by atoms with E-state index in [0.29, 0.717) is 5.92 Å². The van der Waals surface area contributed by atoms with E-state index < -0.39 is 0 Å². The third-order valence-corrected chi connectivity index (χ3v) is 3.49. The van der Waals surface area contributed by atoms with Gasteiger partial charge in [0.1, 0.15) is 0 Å². The average molecular weight is 257 g/mol. The van der Waals surface area contributed by atoms with Gasteiger partial charge in [0.25, 0.3) is 0 Å². The molecule has 1 atom stereocenters. The molecule has 1 aliphatic heterocycles. The van der Waals surface area contributed by atoms with Gasteiger partial charge in [0.15, 0.2) is 0 Å². The van der Waals surface area contributed by atoms with Gasteiger partial charge in [0.05, 0.1) is 12.3 Å². The Kier molecular flexibility index (Phi) is 3.79. The molecule has 0 bridgehead atoms. The number of nitrogens with one attached hydrogen (secondary N) is 1. The second-order valence-corrected chi connectivity index (χ2v) is 4.96. The molecule has 4 nitrogen and oxygen atoms in total. The molecule has 2 heterocycles. The molecule has 3 rings (SSSR count). The maximum absolute atomic E-state index is 5.49. The lowest BCUT2D eigenvalue weighted by Gasteiger charge is -2.22. The van der Waals surface area contributed by atoms with Crippen molar-refractivity contribution in [2.45, 2.75) is 12.8 Å².